The molecule has 4 aliphatic carbocycles. The van der Waals surface area contributed by atoms with Gasteiger partial charge in [0.2, 0.25) is 0 Å². The monoisotopic (exact) mass is 398 g/mol. The van der Waals surface area contributed by atoms with Crippen LogP contribution < -0.4 is 0 Å². The third-order valence-electron chi connectivity index (χ3n) is 9.58. The van der Waals surface area contributed by atoms with Crippen molar-refractivity contribution in [1.82, 2.24) is 0 Å². The third kappa shape index (κ3) is 3.39. The summed E-state index contributed by atoms with van der Waals surface area (Å²) in [4.78, 5) is 0. The van der Waals surface area contributed by atoms with Crippen LogP contribution in [-0.2, 0) is 0 Å². The van der Waals surface area contributed by atoms with Crippen molar-refractivity contribution in [1.29, 1.82) is 0 Å². The van der Waals surface area contributed by atoms with E-state index in [2.05, 4.69) is 52.8 Å². The number of aliphatic hydroxyl groups excluding tert-OH is 2. The molecule has 0 spiro atoms. The standard InChI is InChI=1S/C27H42O2/c1-17(2)7-6-8-18(3)22-11-12-23-21-10-9-19-15-20(28)16-25(29)27(19,5)24(21)13-14-26(22,23)4/h7,9-10,18,20,22-25,28-29H,6,8,11-16H2,1-5H3/t18-,20-,22-,23+,24+,25?,26-,27+/m1/s1. The van der Waals surface area contributed by atoms with Crippen LogP contribution in [-0.4, -0.2) is 22.4 Å². The van der Waals surface area contributed by atoms with Crippen LogP contribution in [0.4, 0.5) is 0 Å². The van der Waals surface area contributed by atoms with Crippen LogP contribution in [0.2, 0.25) is 0 Å². The number of rotatable bonds is 4. The lowest BCUT2D eigenvalue weighted by Crippen LogP contribution is -2.52. The highest BCUT2D eigenvalue weighted by molar-refractivity contribution is 5.40. The van der Waals surface area contributed by atoms with Crippen LogP contribution in [0, 0.1) is 34.5 Å². The van der Waals surface area contributed by atoms with E-state index in [-0.39, 0.29) is 11.5 Å². The number of hydrogen-bond acceptors (Lipinski definition) is 2. The summed E-state index contributed by atoms with van der Waals surface area (Å²) >= 11 is 0. The molecule has 8 atom stereocenters. The normalized spacial score (nSPS) is 44.7. The lowest BCUT2D eigenvalue weighted by atomic mass is 9.49. The maximum Gasteiger partial charge on any atom is 0.0661 e. The third-order valence-corrected chi connectivity index (χ3v) is 9.58. The molecule has 0 aromatic heterocycles. The summed E-state index contributed by atoms with van der Waals surface area (Å²) in [6.07, 6.45) is 15.2. The number of allylic oxidation sites excluding steroid dienone is 5. The van der Waals surface area contributed by atoms with E-state index in [0.29, 0.717) is 23.7 Å². The Morgan fingerprint density at radius 1 is 1.14 bits per heavy atom. The van der Waals surface area contributed by atoms with Crippen molar-refractivity contribution in [3.63, 3.8) is 0 Å². The van der Waals surface area contributed by atoms with Gasteiger partial charge in [-0.3, -0.25) is 0 Å². The molecule has 29 heavy (non-hydrogen) atoms. The molecular formula is C27H42O2. The highest BCUT2D eigenvalue weighted by atomic mass is 16.3. The molecule has 162 valence electrons. The van der Waals surface area contributed by atoms with Gasteiger partial charge in [0.1, 0.15) is 0 Å². The van der Waals surface area contributed by atoms with E-state index in [1.165, 1.54) is 49.7 Å². The molecule has 4 rings (SSSR count). The molecule has 2 nitrogen and oxygen atoms in total. The molecule has 0 amide bonds. The highest BCUT2D eigenvalue weighted by Crippen LogP contribution is 2.66. The quantitative estimate of drug-likeness (QED) is 0.554. The van der Waals surface area contributed by atoms with Gasteiger partial charge in [0.25, 0.3) is 0 Å². The second-order valence-electron chi connectivity index (χ2n) is 11.4. The van der Waals surface area contributed by atoms with Gasteiger partial charge in [-0.2, -0.15) is 0 Å². The van der Waals surface area contributed by atoms with Crippen molar-refractivity contribution in [2.45, 2.75) is 98.2 Å². The SMILES string of the molecule is CC(C)=CCC[C@@H](C)[C@H]1CC[C@H]2C3=CC=C4C[C@@H](O)CC(O)[C@]4(C)[C@H]3CC[C@]12C. The first-order valence-corrected chi connectivity index (χ1v) is 12.1. The van der Waals surface area contributed by atoms with E-state index < -0.39 is 6.10 Å². The fourth-order valence-electron chi connectivity index (χ4n) is 7.86. The van der Waals surface area contributed by atoms with Crippen LogP contribution in [0.15, 0.2) is 34.9 Å². The van der Waals surface area contributed by atoms with Crippen LogP contribution in [0.3, 0.4) is 0 Å². The molecule has 0 heterocycles. The molecule has 2 N–H and O–H groups in total. The maximum atomic E-state index is 11.0. The Balaban J connectivity index is 1.58. The van der Waals surface area contributed by atoms with Crippen molar-refractivity contribution >= 4 is 0 Å². The van der Waals surface area contributed by atoms with E-state index in [4.69, 9.17) is 0 Å². The minimum Gasteiger partial charge on any atom is -0.393 e. The van der Waals surface area contributed by atoms with Gasteiger partial charge < -0.3 is 10.2 Å². The molecule has 0 saturated heterocycles. The van der Waals surface area contributed by atoms with Crippen molar-refractivity contribution < 1.29 is 10.2 Å². The largest absolute Gasteiger partial charge is 0.393 e. The molecule has 3 saturated carbocycles. The van der Waals surface area contributed by atoms with Crippen LogP contribution in [0.25, 0.3) is 0 Å². The van der Waals surface area contributed by atoms with Gasteiger partial charge in [-0.25, -0.2) is 0 Å². The Morgan fingerprint density at radius 3 is 2.62 bits per heavy atom. The maximum absolute atomic E-state index is 11.0. The van der Waals surface area contributed by atoms with E-state index in [1.807, 2.05) is 0 Å². The topological polar surface area (TPSA) is 40.5 Å². The Morgan fingerprint density at radius 2 is 1.90 bits per heavy atom. The highest BCUT2D eigenvalue weighted by Gasteiger charge is 2.58. The Hall–Kier alpha value is -0.860. The molecule has 2 heteroatoms. The Labute approximate surface area is 178 Å². The molecule has 0 radical (unpaired) electrons. The predicted octanol–water partition coefficient (Wildman–Crippen LogP) is 6.20. The second kappa shape index (κ2) is 7.68. The zero-order valence-electron chi connectivity index (χ0n) is 19.2. The summed E-state index contributed by atoms with van der Waals surface area (Å²) < 4.78 is 0. The molecule has 0 aromatic rings. The summed E-state index contributed by atoms with van der Waals surface area (Å²) in [6, 6.07) is 0. The first kappa shape index (κ1) is 21.4. The van der Waals surface area contributed by atoms with Crippen molar-refractivity contribution in [2.75, 3.05) is 0 Å². The average molecular weight is 399 g/mol. The lowest BCUT2D eigenvalue weighted by Gasteiger charge is -2.56. The molecular weight excluding hydrogens is 356 g/mol. The van der Waals surface area contributed by atoms with Gasteiger partial charge in [0.05, 0.1) is 12.2 Å². The molecule has 0 bridgehead atoms. The van der Waals surface area contributed by atoms with Gasteiger partial charge >= 0.3 is 0 Å². The number of fused-ring (bicyclic) bond motifs is 5. The zero-order valence-corrected chi connectivity index (χ0v) is 19.2. The zero-order chi connectivity index (χ0) is 21.0. The van der Waals surface area contributed by atoms with Gasteiger partial charge in [0.15, 0.2) is 0 Å². The van der Waals surface area contributed by atoms with Gasteiger partial charge in [0, 0.05) is 11.8 Å². The van der Waals surface area contributed by atoms with Crippen LogP contribution in [0.1, 0.15) is 86.0 Å². The first-order chi connectivity index (χ1) is 13.7. The smallest absolute Gasteiger partial charge is 0.0661 e. The number of hydrogen-bond donors (Lipinski definition) is 2. The van der Waals surface area contributed by atoms with Crippen LogP contribution >= 0.6 is 0 Å². The molecule has 0 aromatic carbocycles. The van der Waals surface area contributed by atoms with E-state index in [1.54, 1.807) is 5.57 Å². The molecule has 4 aliphatic rings. The van der Waals surface area contributed by atoms with Crippen molar-refractivity contribution in [2.24, 2.45) is 34.5 Å². The average Bonchev–Trinajstić information content (AvgIpc) is 3.00. The minimum absolute atomic E-state index is 0.169. The number of aliphatic hydroxyl groups is 2. The second-order valence-corrected chi connectivity index (χ2v) is 11.4. The minimum atomic E-state index is -0.421. The Kier molecular flexibility index (Phi) is 5.66. The fourth-order valence-corrected chi connectivity index (χ4v) is 7.86. The van der Waals surface area contributed by atoms with E-state index >= 15 is 0 Å². The van der Waals surface area contributed by atoms with Crippen molar-refractivity contribution in [3.05, 3.63) is 34.9 Å². The summed E-state index contributed by atoms with van der Waals surface area (Å²) in [5.41, 5.74) is 4.59. The molecule has 0 aliphatic heterocycles. The summed E-state index contributed by atoms with van der Waals surface area (Å²) in [5, 5.41) is 21.2. The summed E-state index contributed by atoms with van der Waals surface area (Å²) in [7, 11) is 0. The molecule has 1 unspecified atom stereocenters. The van der Waals surface area contributed by atoms with Gasteiger partial charge in [-0.1, -0.05) is 55.7 Å². The van der Waals surface area contributed by atoms with E-state index in [9.17, 15) is 10.2 Å². The van der Waals surface area contributed by atoms with Crippen molar-refractivity contribution in [3.8, 4) is 0 Å². The first-order valence-electron chi connectivity index (χ1n) is 12.1. The molecule has 3 fully saturated rings. The predicted molar refractivity (Wildman–Crippen MR) is 120 cm³/mol. The Bertz CT molecular complexity index is 727. The summed E-state index contributed by atoms with van der Waals surface area (Å²) in [5.74, 6) is 2.73. The van der Waals surface area contributed by atoms with Gasteiger partial charge in [-0.05, 0) is 87.9 Å². The van der Waals surface area contributed by atoms with E-state index in [0.717, 1.165) is 18.3 Å². The van der Waals surface area contributed by atoms with Gasteiger partial charge in [-0.15, -0.1) is 0 Å². The lowest BCUT2D eigenvalue weighted by molar-refractivity contribution is -0.0544. The fraction of sp³-hybridized carbons (Fsp3) is 0.778. The summed E-state index contributed by atoms with van der Waals surface area (Å²) in [6.45, 7) is 11.8. The van der Waals surface area contributed by atoms with Crippen LogP contribution in [0.5, 0.6) is 0 Å².